The molecule has 0 heterocycles. The van der Waals surface area contributed by atoms with Crippen molar-refractivity contribution < 1.29 is 48.0 Å². The number of nitrogens with two attached hydrogens (primary N) is 1. The van der Waals surface area contributed by atoms with Gasteiger partial charge in [0.15, 0.2) is 0 Å². The van der Waals surface area contributed by atoms with Crippen LogP contribution in [-0.4, -0.2) is 60.3 Å². The second kappa shape index (κ2) is 10.6. The number of hydrogen-bond acceptors (Lipinski definition) is 11. The molecule has 0 amide bonds. The molecule has 4 aliphatic rings. The maximum atomic E-state index is 13.2. The molecule has 5 rings (SSSR count). The summed E-state index contributed by atoms with van der Waals surface area (Å²) in [5.41, 5.74) is 5.19. The second-order valence-corrected chi connectivity index (χ2v) is 11.0. The number of esters is 4. The quantitative estimate of drug-likeness (QED) is 0.294. The molecule has 4 aliphatic carbocycles. The van der Waals surface area contributed by atoms with Gasteiger partial charge in [-0.1, -0.05) is 29.3 Å². The highest BCUT2D eigenvalue weighted by Gasteiger charge is 2.79. The van der Waals surface area contributed by atoms with Crippen LogP contribution in [0.15, 0.2) is 18.2 Å². The average Bonchev–Trinajstić information content (AvgIpc) is 3.76. The van der Waals surface area contributed by atoms with Gasteiger partial charge in [-0.3, -0.25) is 14.4 Å². The molecule has 0 radical (unpaired) electrons. The van der Waals surface area contributed by atoms with Gasteiger partial charge in [-0.2, -0.15) is 0 Å². The van der Waals surface area contributed by atoms with Crippen molar-refractivity contribution in [1.82, 2.24) is 0 Å². The first kappa shape index (κ1) is 27.1. The first-order chi connectivity index (χ1) is 18.1. The Morgan fingerprint density at radius 1 is 0.895 bits per heavy atom. The van der Waals surface area contributed by atoms with Gasteiger partial charge in [0.05, 0.1) is 40.5 Å². The van der Waals surface area contributed by atoms with Crippen LogP contribution in [0.4, 0.5) is 0 Å². The van der Waals surface area contributed by atoms with Crippen LogP contribution in [0.25, 0.3) is 0 Å². The highest BCUT2D eigenvalue weighted by atomic mass is 35.5. The van der Waals surface area contributed by atoms with Gasteiger partial charge in [-0.05, 0) is 43.4 Å². The Balaban J connectivity index is 1.25. The van der Waals surface area contributed by atoms with Crippen LogP contribution in [0.3, 0.4) is 0 Å². The third-order valence-electron chi connectivity index (χ3n) is 7.46. The summed E-state index contributed by atoms with van der Waals surface area (Å²) in [7, 11) is 0. The van der Waals surface area contributed by atoms with E-state index in [0.717, 1.165) is 12.8 Å². The van der Waals surface area contributed by atoms with Gasteiger partial charge in [0.25, 0.3) is 0 Å². The summed E-state index contributed by atoms with van der Waals surface area (Å²) in [6, 6.07) is 4.81. The minimum atomic E-state index is -1.96. The standard InChI is InChI=1S/C25H27Cl2NO10/c26-14-6-1-11(7-15(14)27)8-34-20-19(29)16-17(23(32)37-9-35-21(30)12-2-3-12)18(16)25(20,28)24(33)38-10-36-22(31)13-4-5-13/h1,6-7,12-13,16-20,29H,2-5,8-10,28H2/t16?,17?,18?,19-,20+,25+/m0/s1. The van der Waals surface area contributed by atoms with E-state index in [2.05, 4.69) is 0 Å². The molecular formula is C25H27Cl2NO10. The first-order valence-electron chi connectivity index (χ1n) is 12.3. The lowest BCUT2D eigenvalue weighted by atomic mass is 9.87. The number of hydrogen-bond donors (Lipinski definition) is 2. The van der Waals surface area contributed by atoms with Gasteiger partial charge < -0.3 is 34.5 Å². The van der Waals surface area contributed by atoms with E-state index in [-0.39, 0.29) is 18.4 Å². The van der Waals surface area contributed by atoms with Gasteiger partial charge in [0.1, 0.15) is 11.6 Å². The monoisotopic (exact) mass is 571 g/mol. The summed E-state index contributed by atoms with van der Waals surface area (Å²) < 4.78 is 26.0. The fraction of sp³-hybridized carbons (Fsp3) is 0.600. The van der Waals surface area contributed by atoms with Crippen LogP contribution in [0.5, 0.6) is 0 Å². The number of ether oxygens (including phenoxy) is 5. The third-order valence-corrected chi connectivity index (χ3v) is 8.20. The predicted octanol–water partition coefficient (Wildman–Crippen LogP) is 1.72. The van der Waals surface area contributed by atoms with E-state index >= 15 is 0 Å². The summed E-state index contributed by atoms with van der Waals surface area (Å²) in [5, 5.41) is 11.7. The number of fused-ring (bicyclic) bond motifs is 1. The summed E-state index contributed by atoms with van der Waals surface area (Å²) >= 11 is 12.0. The van der Waals surface area contributed by atoms with Gasteiger partial charge in [0, 0.05) is 11.8 Å². The van der Waals surface area contributed by atoms with E-state index in [1.807, 2.05) is 0 Å². The fourth-order valence-corrected chi connectivity index (χ4v) is 5.36. The van der Waals surface area contributed by atoms with Crippen molar-refractivity contribution in [3.8, 4) is 0 Å². The Labute approximate surface area is 227 Å². The minimum absolute atomic E-state index is 0.0762. The molecule has 38 heavy (non-hydrogen) atoms. The number of aliphatic hydroxyl groups excluding tert-OH is 1. The molecule has 0 saturated heterocycles. The Morgan fingerprint density at radius 2 is 1.47 bits per heavy atom. The lowest BCUT2D eigenvalue weighted by molar-refractivity contribution is -0.180. The van der Waals surface area contributed by atoms with Gasteiger partial charge in [0.2, 0.25) is 13.6 Å². The number of carbonyl (C=O) groups excluding carboxylic acids is 4. The Bertz CT molecular complexity index is 1140. The molecule has 6 atom stereocenters. The zero-order valence-electron chi connectivity index (χ0n) is 20.2. The summed E-state index contributed by atoms with van der Waals surface area (Å²) in [6.45, 7) is -1.31. The van der Waals surface area contributed by atoms with Crippen LogP contribution in [-0.2, 0) is 49.5 Å². The molecule has 11 nitrogen and oxygen atoms in total. The molecule has 206 valence electrons. The van der Waals surface area contributed by atoms with Crippen molar-refractivity contribution in [2.24, 2.45) is 35.3 Å². The Hall–Kier alpha value is -2.44. The van der Waals surface area contributed by atoms with E-state index in [1.54, 1.807) is 18.2 Å². The van der Waals surface area contributed by atoms with Gasteiger partial charge in [-0.25, -0.2) is 4.79 Å². The molecule has 0 spiro atoms. The van der Waals surface area contributed by atoms with Crippen molar-refractivity contribution in [2.45, 2.75) is 50.0 Å². The normalized spacial score (nSPS) is 31.2. The molecule has 13 heteroatoms. The van der Waals surface area contributed by atoms with Gasteiger partial charge in [-0.15, -0.1) is 0 Å². The summed E-state index contributed by atoms with van der Waals surface area (Å²) in [6.07, 6.45) is 0.338. The van der Waals surface area contributed by atoms with Crippen molar-refractivity contribution in [3.05, 3.63) is 33.8 Å². The maximum Gasteiger partial charge on any atom is 0.332 e. The van der Waals surface area contributed by atoms with Crippen LogP contribution in [0.2, 0.25) is 10.0 Å². The maximum absolute atomic E-state index is 13.2. The summed E-state index contributed by atoms with van der Waals surface area (Å²) in [4.78, 5) is 49.4. The van der Waals surface area contributed by atoms with Gasteiger partial charge >= 0.3 is 23.9 Å². The molecule has 1 aromatic carbocycles. The van der Waals surface area contributed by atoms with Crippen molar-refractivity contribution >= 4 is 47.1 Å². The molecule has 0 aromatic heterocycles. The first-order valence-corrected chi connectivity index (χ1v) is 13.1. The molecular weight excluding hydrogens is 545 g/mol. The highest BCUT2D eigenvalue weighted by Crippen LogP contribution is 2.63. The number of rotatable bonds is 11. The number of benzene rings is 1. The lowest BCUT2D eigenvalue weighted by Gasteiger charge is -2.34. The SMILES string of the molecule is N[C@]1(C(=O)OCOC(=O)C2CC2)C2C(C(=O)OCOC(=O)C3CC3)C2[C@H](O)[C@H]1OCc1ccc(Cl)c(Cl)c1. The number of halogens is 2. The Morgan fingerprint density at radius 3 is 2.05 bits per heavy atom. The minimum Gasteiger partial charge on any atom is -0.428 e. The van der Waals surface area contributed by atoms with Crippen molar-refractivity contribution in [2.75, 3.05) is 13.6 Å². The van der Waals surface area contributed by atoms with E-state index in [1.165, 1.54) is 0 Å². The molecule has 0 aliphatic heterocycles. The van der Waals surface area contributed by atoms with Crippen LogP contribution in [0, 0.1) is 29.6 Å². The molecule has 4 saturated carbocycles. The molecule has 3 unspecified atom stereocenters. The van der Waals surface area contributed by atoms with Crippen LogP contribution >= 0.6 is 23.2 Å². The predicted molar refractivity (Wildman–Crippen MR) is 128 cm³/mol. The van der Waals surface area contributed by atoms with E-state index in [4.69, 9.17) is 52.6 Å². The van der Waals surface area contributed by atoms with E-state index in [9.17, 15) is 24.3 Å². The third kappa shape index (κ3) is 5.35. The summed E-state index contributed by atoms with van der Waals surface area (Å²) in [5.74, 6) is -5.63. The molecule has 3 N–H and O–H groups in total. The largest absolute Gasteiger partial charge is 0.428 e. The topological polar surface area (TPSA) is 161 Å². The number of carbonyl (C=O) groups is 4. The smallest absolute Gasteiger partial charge is 0.332 e. The molecule has 4 fully saturated rings. The Kier molecular flexibility index (Phi) is 7.58. The average molecular weight is 572 g/mol. The molecule has 1 aromatic rings. The zero-order valence-corrected chi connectivity index (χ0v) is 21.7. The van der Waals surface area contributed by atoms with E-state index < -0.39 is 73.0 Å². The van der Waals surface area contributed by atoms with E-state index in [0.29, 0.717) is 28.5 Å². The zero-order chi connectivity index (χ0) is 27.2. The number of aliphatic hydroxyl groups is 1. The van der Waals surface area contributed by atoms with Crippen molar-refractivity contribution in [3.63, 3.8) is 0 Å². The van der Waals surface area contributed by atoms with Crippen LogP contribution < -0.4 is 5.73 Å². The molecule has 0 bridgehead atoms. The van der Waals surface area contributed by atoms with Crippen molar-refractivity contribution in [1.29, 1.82) is 0 Å². The second-order valence-electron chi connectivity index (χ2n) is 10.1. The lowest BCUT2D eigenvalue weighted by Crippen LogP contribution is -2.62. The fourth-order valence-electron chi connectivity index (χ4n) is 5.04. The highest BCUT2D eigenvalue weighted by molar-refractivity contribution is 6.42. The van der Waals surface area contributed by atoms with Crippen LogP contribution in [0.1, 0.15) is 31.2 Å².